The highest BCUT2D eigenvalue weighted by molar-refractivity contribution is 6.31. The maximum absolute atomic E-state index is 12.3. The predicted molar refractivity (Wildman–Crippen MR) is 134 cm³/mol. The van der Waals surface area contributed by atoms with E-state index in [0.29, 0.717) is 45.0 Å². The number of benzene rings is 3. The van der Waals surface area contributed by atoms with Crippen LogP contribution in [0.4, 0.5) is 5.69 Å². The fourth-order valence-electron chi connectivity index (χ4n) is 2.83. The number of anilines is 1. The van der Waals surface area contributed by atoms with Crippen LogP contribution < -0.4 is 20.2 Å². The summed E-state index contributed by atoms with van der Waals surface area (Å²) in [7, 11) is 0. The number of carbonyl (C=O) groups excluding carboxylic acids is 2. The van der Waals surface area contributed by atoms with E-state index in [-0.39, 0.29) is 18.4 Å². The van der Waals surface area contributed by atoms with E-state index < -0.39 is 0 Å². The molecule has 0 aliphatic heterocycles. The molecule has 0 fully saturated rings. The summed E-state index contributed by atoms with van der Waals surface area (Å²) in [5, 5.41) is 7.83. The lowest BCUT2D eigenvalue weighted by molar-refractivity contribution is -0.118. The lowest BCUT2D eigenvalue weighted by Crippen LogP contribution is -2.20. The van der Waals surface area contributed by atoms with Crippen LogP contribution in [-0.4, -0.2) is 31.2 Å². The van der Waals surface area contributed by atoms with Crippen molar-refractivity contribution in [2.75, 3.05) is 18.5 Å². The topological polar surface area (TPSA) is 89.0 Å². The molecule has 0 heterocycles. The Morgan fingerprint density at radius 2 is 1.74 bits per heavy atom. The Morgan fingerprint density at radius 3 is 2.44 bits per heavy atom. The van der Waals surface area contributed by atoms with Gasteiger partial charge in [-0.3, -0.25) is 9.59 Å². The van der Waals surface area contributed by atoms with Crippen LogP contribution in [-0.2, 0) is 4.79 Å². The predicted octanol–water partition coefficient (Wildman–Crippen LogP) is 5.48. The van der Waals surface area contributed by atoms with Crippen molar-refractivity contribution in [2.24, 2.45) is 5.10 Å². The van der Waals surface area contributed by atoms with Gasteiger partial charge in [0.2, 0.25) is 0 Å². The van der Waals surface area contributed by atoms with Gasteiger partial charge in [0.15, 0.2) is 18.1 Å². The minimum atomic E-state index is -0.362. The Kier molecular flexibility index (Phi) is 8.90. The number of hydrazone groups is 1. The van der Waals surface area contributed by atoms with Gasteiger partial charge in [0.25, 0.3) is 11.8 Å². The number of hydrogen-bond acceptors (Lipinski definition) is 5. The first-order chi connectivity index (χ1) is 16.4. The molecule has 3 aromatic carbocycles. The smallest absolute Gasteiger partial charge is 0.271 e. The van der Waals surface area contributed by atoms with Gasteiger partial charge in [0.1, 0.15) is 0 Å². The molecule has 0 spiro atoms. The number of amides is 2. The average Bonchev–Trinajstić information content (AvgIpc) is 2.81. The molecule has 2 amide bonds. The molecule has 176 valence electrons. The van der Waals surface area contributed by atoms with Gasteiger partial charge < -0.3 is 14.8 Å². The minimum Gasteiger partial charge on any atom is -0.490 e. The fraction of sp³-hybridized carbons (Fsp3) is 0.160. The van der Waals surface area contributed by atoms with Gasteiger partial charge in [0, 0.05) is 21.3 Å². The molecule has 0 saturated heterocycles. The van der Waals surface area contributed by atoms with Crippen LogP contribution in [0.3, 0.4) is 0 Å². The Hall–Kier alpha value is -3.55. The largest absolute Gasteiger partial charge is 0.490 e. The van der Waals surface area contributed by atoms with Crippen molar-refractivity contribution in [2.45, 2.75) is 13.8 Å². The van der Waals surface area contributed by atoms with Gasteiger partial charge >= 0.3 is 0 Å². The van der Waals surface area contributed by atoms with Crippen LogP contribution in [0.15, 0.2) is 65.8 Å². The maximum Gasteiger partial charge on any atom is 0.271 e. The molecule has 0 bridgehead atoms. The first-order valence-electron chi connectivity index (χ1n) is 10.4. The number of aryl methyl sites for hydroxylation is 1. The van der Waals surface area contributed by atoms with E-state index in [9.17, 15) is 9.59 Å². The number of halogens is 2. The molecule has 0 unspecified atom stereocenters. The Morgan fingerprint density at radius 1 is 0.971 bits per heavy atom. The van der Waals surface area contributed by atoms with Crippen molar-refractivity contribution in [3.63, 3.8) is 0 Å². The summed E-state index contributed by atoms with van der Waals surface area (Å²) >= 11 is 11.9. The van der Waals surface area contributed by atoms with Gasteiger partial charge in [-0.25, -0.2) is 5.43 Å². The van der Waals surface area contributed by atoms with Gasteiger partial charge in [0.05, 0.1) is 12.8 Å². The Bertz CT molecular complexity index is 1200. The lowest BCUT2D eigenvalue weighted by Gasteiger charge is -2.13. The van der Waals surface area contributed by atoms with Gasteiger partial charge in [-0.15, -0.1) is 0 Å². The number of ether oxygens (including phenoxy) is 2. The van der Waals surface area contributed by atoms with Crippen LogP contribution in [0.5, 0.6) is 11.5 Å². The number of nitrogens with zero attached hydrogens (tertiary/aromatic N) is 1. The van der Waals surface area contributed by atoms with Crippen molar-refractivity contribution < 1.29 is 19.1 Å². The van der Waals surface area contributed by atoms with Gasteiger partial charge in [-0.2, -0.15) is 5.10 Å². The van der Waals surface area contributed by atoms with E-state index in [1.807, 2.05) is 19.9 Å². The zero-order valence-corrected chi connectivity index (χ0v) is 20.1. The number of nitrogens with one attached hydrogen (secondary N) is 2. The quantitative estimate of drug-likeness (QED) is 0.301. The highest BCUT2D eigenvalue weighted by atomic mass is 35.5. The van der Waals surface area contributed by atoms with Crippen molar-refractivity contribution in [3.8, 4) is 11.5 Å². The third-order valence-electron chi connectivity index (χ3n) is 4.57. The zero-order valence-electron chi connectivity index (χ0n) is 18.6. The highest BCUT2D eigenvalue weighted by Crippen LogP contribution is 2.28. The Labute approximate surface area is 207 Å². The van der Waals surface area contributed by atoms with Crippen molar-refractivity contribution >= 4 is 46.9 Å². The number of rotatable bonds is 9. The van der Waals surface area contributed by atoms with E-state index >= 15 is 0 Å². The zero-order chi connectivity index (χ0) is 24.5. The molecular weight excluding hydrogens is 477 g/mol. The second-order valence-electron chi connectivity index (χ2n) is 7.15. The normalized spacial score (nSPS) is 10.7. The molecule has 2 N–H and O–H groups in total. The van der Waals surface area contributed by atoms with Crippen LogP contribution in [0.1, 0.15) is 28.4 Å². The van der Waals surface area contributed by atoms with E-state index in [0.717, 1.165) is 5.56 Å². The third kappa shape index (κ3) is 7.23. The molecule has 0 atom stereocenters. The molecule has 3 aromatic rings. The summed E-state index contributed by atoms with van der Waals surface area (Å²) in [5.74, 6) is 0.152. The standard InChI is InChI=1S/C25H23Cl2N3O4/c1-3-33-23-12-17(14-28-30-25(32)18-6-8-19(26)9-7-18)5-11-22(23)34-15-24(31)29-20-10-4-16(2)21(27)13-20/h4-14H,3,15H2,1-2H3,(H,29,31)(H,30,32)/b28-14+. The van der Waals surface area contributed by atoms with Crippen LogP contribution in [0, 0.1) is 6.92 Å². The molecule has 3 rings (SSSR count). The molecule has 7 nitrogen and oxygen atoms in total. The minimum absolute atomic E-state index is 0.212. The molecule has 0 aliphatic rings. The summed E-state index contributed by atoms with van der Waals surface area (Å²) in [6, 6.07) is 16.8. The summed E-state index contributed by atoms with van der Waals surface area (Å²) in [6.45, 7) is 3.91. The van der Waals surface area contributed by atoms with E-state index in [1.165, 1.54) is 6.21 Å². The van der Waals surface area contributed by atoms with E-state index in [1.54, 1.807) is 54.6 Å². The SMILES string of the molecule is CCOc1cc(/C=N/NC(=O)c2ccc(Cl)cc2)ccc1OCC(=O)Nc1ccc(C)c(Cl)c1. The maximum atomic E-state index is 12.3. The lowest BCUT2D eigenvalue weighted by atomic mass is 10.2. The van der Waals surface area contributed by atoms with Crippen molar-refractivity contribution in [1.29, 1.82) is 0 Å². The second-order valence-corrected chi connectivity index (χ2v) is 7.99. The molecule has 34 heavy (non-hydrogen) atoms. The average molecular weight is 500 g/mol. The summed E-state index contributed by atoms with van der Waals surface area (Å²) in [4.78, 5) is 24.4. The molecule has 0 aliphatic carbocycles. The number of carbonyl (C=O) groups is 2. The van der Waals surface area contributed by atoms with Gasteiger partial charge in [-0.1, -0.05) is 29.3 Å². The van der Waals surface area contributed by atoms with Crippen LogP contribution in [0.25, 0.3) is 0 Å². The monoisotopic (exact) mass is 499 g/mol. The summed E-state index contributed by atoms with van der Waals surface area (Å²) in [6.07, 6.45) is 1.48. The van der Waals surface area contributed by atoms with E-state index in [2.05, 4.69) is 15.8 Å². The second kappa shape index (κ2) is 12.1. The molecule has 9 heteroatoms. The third-order valence-corrected chi connectivity index (χ3v) is 5.23. The first kappa shape index (κ1) is 25.1. The van der Waals surface area contributed by atoms with Crippen molar-refractivity contribution in [1.82, 2.24) is 5.43 Å². The molecular formula is C25H23Cl2N3O4. The van der Waals surface area contributed by atoms with Crippen molar-refractivity contribution in [3.05, 3.63) is 87.4 Å². The van der Waals surface area contributed by atoms with Crippen LogP contribution in [0.2, 0.25) is 10.0 Å². The molecule has 0 aromatic heterocycles. The van der Waals surface area contributed by atoms with Crippen LogP contribution >= 0.6 is 23.2 Å². The summed E-state index contributed by atoms with van der Waals surface area (Å²) < 4.78 is 11.3. The highest BCUT2D eigenvalue weighted by Gasteiger charge is 2.10. The molecule has 0 saturated carbocycles. The molecule has 0 radical (unpaired) electrons. The summed E-state index contributed by atoms with van der Waals surface area (Å²) in [5.41, 5.74) is 5.07. The fourth-order valence-corrected chi connectivity index (χ4v) is 3.14. The first-order valence-corrected chi connectivity index (χ1v) is 11.2. The Balaban J connectivity index is 1.59. The number of hydrogen-bond donors (Lipinski definition) is 2. The van der Waals surface area contributed by atoms with E-state index in [4.69, 9.17) is 32.7 Å². The van der Waals surface area contributed by atoms with Gasteiger partial charge in [-0.05, 0) is 79.6 Å².